The molecule has 2 aromatic rings. The lowest BCUT2D eigenvalue weighted by molar-refractivity contribution is -0.142. The number of esters is 1. The van der Waals surface area contributed by atoms with Crippen LogP contribution in [0.3, 0.4) is 0 Å². The summed E-state index contributed by atoms with van der Waals surface area (Å²) in [5.74, 6) is -0.206. The van der Waals surface area contributed by atoms with Crippen molar-refractivity contribution in [2.45, 2.75) is 13.5 Å². The predicted octanol–water partition coefficient (Wildman–Crippen LogP) is 3.75. The molecule has 2 amide bonds. The highest BCUT2D eigenvalue weighted by atomic mass is 32.2. The van der Waals surface area contributed by atoms with Gasteiger partial charge in [-0.25, -0.2) is 4.79 Å². The summed E-state index contributed by atoms with van der Waals surface area (Å²) in [6.07, 6.45) is 1.59. The van der Waals surface area contributed by atoms with Crippen LogP contribution in [-0.2, 0) is 20.9 Å². The van der Waals surface area contributed by atoms with Gasteiger partial charge in [0.25, 0.3) is 11.1 Å². The first kappa shape index (κ1) is 22.9. The molecule has 0 N–H and O–H groups in total. The third-order valence-corrected chi connectivity index (χ3v) is 5.39. The molecule has 0 spiro atoms. The second-order valence-electron chi connectivity index (χ2n) is 6.54. The number of nitrogens with zero attached hydrogens (tertiary/aromatic N) is 2. The van der Waals surface area contributed by atoms with Gasteiger partial charge in [-0.3, -0.25) is 14.5 Å². The molecule has 0 radical (unpaired) electrons. The second-order valence-corrected chi connectivity index (χ2v) is 7.53. The highest BCUT2D eigenvalue weighted by Gasteiger charge is 2.35. The molecule has 9 heteroatoms. The van der Waals surface area contributed by atoms with Crippen LogP contribution < -0.4 is 9.47 Å². The van der Waals surface area contributed by atoms with Gasteiger partial charge in [0.05, 0.1) is 36.8 Å². The Hall–Kier alpha value is -3.77. The van der Waals surface area contributed by atoms with Crippen molar-refractivity contribution in [3.8, 4) is 17.6 Å². The minimum absolute atomic E-state index is 0.0240. The number of benzene rings is 2. The highest BCUT2D eigenvalue weighted by molar-refractivity contribution is 8.18. The molecule has 164 valence electrons. The fourth-order valence-corrected chi connectivity index (χ4v) is 3.76. The molecular weight excluding hydrogens is 432 g/mol. The van der Waals surface area contributed by atoms with E-state index in [0.717, 1.165) is 16.7 Å². The number of ether oxygens (including phenoxy) is 3. The van der Waals surface area contributed by atoms with Gasteiger partial charge in [0, 0.05) is 0 Å². The summed E-state index contributed by atoms with van der Waals surface area (Å²) in [7, 11) is 1.27. The van der Waals surface area contributed by atoms with E-state index in [1.54, 1.807) is 55.5 Å². The molecule has 3 rings (SSSR count). The quantitative estimate of drug-likeness (QED) is 0.440. The van der Waals surface area contributed by atoms with E-state index in [0.29, 0.717) is 34.8 Å². The molecule has 32 heavy (non-hydrogen) atoms. The van der Waals surface area contributed by atoms with Gasteiger partial charge < -0.3 is 14.2 Å². The Bertz CT molecular complexity index is 1120. The molecule has 1 aliphatic heterocycles. The van der Waals surface area contributed by atoms with Crippen LogP contribution in [0.25, 0.3) is 6.08 Å². The van der Waals surface area contributed by atoms with E-state index in [1.165, 1.54) is 7.11 Å². The Labute approximate surface area is 189 Å². The van der Waals surface area contributed by atoms with Crippen molar-refractivity contribution in [3.63, 3.8) is 0 Å². The fraction of sp³-hybridized carbons (Fsp3) is 0.217. The van der Waals surface area contributed by atoms with Crippen molar-refractivity contribution in [2.24, 2.45) is 0 Å². The first-order chi connectivity index (χ1) is 15.5. The molecule has 0 bridgehead atoms. The van der Waals surface area contributed by atoms with Gasteiger partial charge in [0.2, 0.25) is 0 Å². The largest absolute Gasteiger partial charge is 0.490 e. The average Bonchev–Trinajstić information content (AvgIpc) is 3.06. The van der Waals surface area contributed by atoms with E-state index in [2.05, 4.69) is 10.8 Å². The summed E-state index contributed by atoms with van der Waals surface area (Å²) in [4.78, 5) is 38.0. The molecule has 1 aliphatic rings. The number of thioether (sulfide) groups is 1. The molecule has 8 nitrogen and oxygen atoms in total. The van der Waals surface area contributed by atoms with Crippen molar-refractivity contribution in [2.75, 3.05) is 20.3 Å². The number of carbonyl (C=O) groups is 3. The summed E-state index contributed by atoms with van der Waals surface area (Å²) in [5.41, 5.74) is 1.64. The zero-order valence-electron chi connectivity index (χ0n) is 17.5. The maximum atomic E-state index is 12.8. The number of methoxy groups -OCH3 is 1. The number of hydrogen-bond acceptors (Lipinski definition) is 8. The van der Waals surface area contributed by atoms with Crippen molar-refractivity contribution in [1.82, 2.24) is 4.90 Å². The van der Waals surface area contributed by atoms with Crippen molar-refractivity contribution < 1.29 is 28.6 Å². The molecule has 1 saturated heterocycles. The van der Waals surface area contributed by atoms with Crippen LogP contribution >= 0.6 is 11.8 Å². The van der Waals surface area contributed by atoms with E-state index in [4.69, 9.17) is 9.47 Å². The van der Waals surface area contributed by atoms with Gasteiger partial charge in [-0.05, 0) is 54.1 Å². The lowest BCUT2D eigenvalue weighted by Crippen LogP contribution is -2.27. The summed E-state index contributed by atoms with van der Waals surface area (Å²) >= 11 is 0.832. The molecule has 0 saturated carbocycles. The molecule has 0 unspecified atom stereocenters. The molecule has 0 atom stereocenters. The Kier molecular flexibility index (Phi) is 7.52. The molecule has 2 aromatic carbocycles. The van der Waals surface area contributed by atoms with E-state index in [9.17, 15) is 19.6 Å². The van der Waals surface area contributed by atoms with Crippen molar-refractivity contribution >= 4 is 35.0 Å². The number of amides is 2. The van der Waals surface area contributed by atoms with Gasteiger partial charge >= 0.3 is 5.97 Å². The molecular formula is C23H20N2O6S. The number of rotatable bonds is 8. The molecule has 0 aliphatic carbocycles. The number of imide groups is 1. The minimum Gasteiger partial charge on any atom is -0.490 e. The molecule has 1 heterocycles. The van der Waals surface area contributed by atoms with Crippen LogP contribution in [0.1, 0.15) is 23.6 Å². The Morgan fingerprint density at radius 3 is 2.66 bits per heavy atom. The maximum absolute atomic E-state index is 12.8. The summed E-state index contributed by atoms with van der Waals surface area (Å²) in [5, 5.41) is 8.84. The Balaban J connectivity index is 1.81. The zero-order valence-corrected chi connectivity index (χ0v) is 18.3. The van der Waals surface area contributed by atoms with Gasteiger partial charge in [-0.1, -0.05) is 24.3 Å². The van der Waals surface area contributed by atoms with Crippen molar-refractivity contribution in [1.29, 1.82) is 5.26 Å². The standard InChI is InChI=1S/C23H20N2O6S/c1-3-30-19-10-15(8-9-18(19)31-14-21(26)29-2)11-20-22(27)25(23(28)32-20)13-17-7-5-4-6-16(17)12-24/h4-11H,3,13-14H2,1-2H3/b20-11+. The van der Waals surface area contributed by atoms with Crippen molar-refractivity contribution in [3.05, 3.63) is 64.1 Å². The normalized spacial score (nSPS) is 14.4. The van der Waals surface area contributed by atoms with E-state index in [1.807, 2.05) is 0 Å². The molecule has 0 aromatic heterocycles. The number of carbonyl (C=O) groups excluding carboxylic acids is 3. The smallest absolute Gasteiger partial charge is 0.343 e. The summed E-state index contributed by atoms with van der Waals surface area (Å²) < 4.78 is 15.6. The summed E-state index contributed by atoms with van der Waals surface area (Å²) in [6.45, 7) is 1.93. The lowest BCUT2D eigenvalue weighted by atomic mass is 10.1. The van der Waals surface area contributed by atoms with Gasteiger partial charge in [-0.15, -0.1) is 0 Å². The van der Waals surface area contributed by atoms with Gasteiger partial charge in [0.15, 0.2) is 18.1 Å². The Morgan fingerprint density at radius 1 is 1.16 bits per heavy atom. The monoisotopic (exact) mass is 452 g/mol. The third-order valence-electron chi connectivity index (χ3n) is 4.48. The third kappa shape index (κ3) is 5.28. The molecule has 1 fully saturated rings. The first-order valence-electron chi connectivity index (χ1n) is 9.66. The van der Waals surface area contributed by atoms with E-state index < -0.39 is 17.1 Å². The van der Waals surface area contributed by atoms with E-state index in [-0.39, 0.29) is 18.1 Å². The van der Waals surface area contributed by atoms with Crippen LogP contribution in [0.15, 0.2) is 47.4 Å². The van der Waals surface area contributed by atoms with Gasteiger partial charge in [-0.2, -0.15) is 5.26 Å². The second kappa shape index (κ2) is 10.5. The fourth-order valence-electron chi connectivity index (χ4n) is 2.92. The van der Waals surface area contributed by atoms with Crippen LogP contribution in [0, 0.1) is 11.3 Å². The van der Waals surface area contributed by atoms with E-state index >= 15 is 0 Å². The van der Waals surface area contributed by atoms with Crippen LogP contribution in [0.4, 0.5) is 4.79 Å². The summed E-state index contributed by atoms with van der Waals surface area (Å²) in [6, 6.07) is 13.9. The number of hydrogen-bond donors (Lipinski definition) is 0. The highest BCUT2D eigenvalue weighted by Crippen LogP contribution is 2.35. The minimum atomic E-state index is -0.525. The average molecular weight is 452 g/mol. The first-order valence-corrected chi connectivity index (χ1v) is 10.5. The lowest BCUT2D eigenvalue weighted by Gasteiger charge is -2.13. The maximum Gasteiger partial charge on any atom is 0.343 e. The van der Waals surface area contributed by atoms with Crippen LogP contribution in [-0.4, -0.2) is 42.3 Å². The van der Waals surface area contributed by atoms with Crippen LogP contribution in [0.5, 0.6) is 11.5 Å². The SMILES string of the molecule is CCOc1cc(/C=C2/SC(=O)N(Cc3ccccc3C#N)C2=O)ccc1OCC(=O)OC. The topological polar surface area (TPSA) is 106 Å². The predicted molar refractivity (Wildman–Crippen MR) is 118 cm³/mol. The zero-order chi connectivity index (χ0) is 23.1. The Morgan fingerprint density at radius 2 is 1.94 bits per heavy atom. The number of nitriles is 1. The van der Waals surface area contributed by atoms with Gasteiger partial charge in [0.1, 0.15) is 0 Å². The van der Waals surface area contributed by atoms with Crippen LogP contribution in [0.2, 0.25) is 0 Å².